The Kier molecular flexibility index (Phi) is 13.8. The van der Waals surface area contributed by atoms with Crippen molar-refractivity contribution in [2.45, 2.75) is 31.4 Å². The number of carbonyl (C=O) groups is 2. The third-order valence-electron chi connectivity index (χ3n) is 6.83. The molecule has 41 heavy (non-hydrogen) atoms. The van der Waals surface area contributed by atoms with Crippen molar-refractivity contribution in [3.8, 4) is 5.75 Å². The summed E-state index contributed by atoms with van der Waals surface area (Å²) >= 11 is 0. The Balaban J connectivity index is 1.81. The Morgan fingerprint density at radius 2 is 1.93 bits per heavy atom. The van der Waals surface area contributed by atoms with Crippen molar-refractivity contribution in [2.24, 2.45) is 5.92 Å². The molecule has 0 aromatic heterocycles. The predicted molar refractivity (Wildman–Crippen MR) is 152 cm³/mol. The topological polar surface area (TPSA) is 116 Å². The highest BCUT2D eigenvalue weighted by molar-refractivity contribution is 5.94. The molecule has 1 fully saturated rings. The van der Waals surface area contributed by atoms with E-state index in [1.165, 1.54) is 19.2 Å². The number of halogens is 1. The second-order valence-corrected chi connectivity index (χ2v) is 9.87. The standard InChI is InChI=1S/C30H42FN3O7/c1-32-26(14-21-6-5-10-39-20-21)19-34-29(35)24-15-23(17-27(18-24)40-13-12-37-2)28(22-7-4-8-25(31)16-22)41-11-9-33-30(36)38-3/h4,7-8,15-18,21,26,28,32H,5-6,9-14,19-20H2,1-3H3,(H,33,36)(H,34,35). The summed E-state index contributed by atoms with van der Waals surface area (Å²) in [6.07, 6.45) is 1.75. The zero-order valence-electron chi connectivity index (χ0n) is 24.1. The van der Waals surface area contributed by atoms with E-state index in [-0.39, 0.29) is 31.7 Å². The van der Waals surface area contributed by atoms with E-state index in [1.54, 1.807) is 37.4 Å². The molecule has 2 aromatic carbocycles. The molecule has 2 aromatic rings. The number of likely N-dealkylation sites (N-methyl/N-ethyl adjacent to an activating group) is 1. The fourth-order valence-corrected chi connectivity index (χ4v) is 4.70. The molecule has 0 aliphatic carbocycles. The lowest BCUT2D eigenvalue weighted by Crippen LogP contribution is -2.41. The van der Waals surface area contributed by atoms with E-state index in [0.29, 0.717) is 41.5 Å². The van der Waals surface area contributed by atoms with Crippen molar-refractivity contribution in [2.75, 3.05) is 67.4 Å². The molecular formula is C30H42FN3O7. The third kappa shape index (κ3) is 10.9. The van der Waals surface area contributed by atoms with Crippen LogP contribution in [-0.4, -0.2) is 85.4 Å². The van der Waals surface area contributed by atoms with E-state index in [2.05, 4.69) is 20.7 Å². The minimum Gasteiger partial charge on any atom is -0.491 e. The van der Waals surface area contributed by atoms with Crippen LogP contribution in [0.15, 0.2) is 42.5 Å². The first-order valence-corrected chi connectivity index (χ1v) is 13.9. The van der Waals surface area contributed by atoms with Crippen LogP contribution in [0.4, 0.5) is 9.18 Å². The molecule has 1 aliphatic rings. The highest BCUT2D eigenvalue weighted by Gasteiger charge is 2.22. The van der Waals surface area contributed by atoms with Gasteiger partial charge in [-0.15, -0.1) is 0 Å². The van der Waals surface area contributed by atoms with E-state index < -0.39 is 18.0 Å². The number of amides is 2. The van der Waals surface area contributed by atoms with Crippen LogP contribution >= 0.6 is 0 Å². The minimum absolute atomic E-state index is 0.0944. The molecular weight excluding hydrogens is 533 g/mol. The van der Waals surface area contributed by atoms with Gasteiger partial charge in [-0.3, -0.25) is 4.79 Å². The van der Waals surface area contributed by atoms with Crippen LogP contribution in [0.25, 0.3) is 0 Å². The summed E-state index contributed by atoms with van der Waals surface area (Å²) < 4.78 is 41.5. The molecule has 3 N–H and O–H groups in total. The number of carbonyl (C=O) groups excluding carboxylic acids is 2. The Hall–Kier alpha value is -3.25. The number of alkyl carbamates (subject to hydrolysis) is 1. The molecule has 226 valence electrons. The Morgan fingerprint density at radius 3 is 2.63 bits per heavy atom. The van der Waals surface area contributed by atoms with Gasteiger partial charge < -0.3 is 39.6 Å². The molecule has 10 nitrogen and oxygen atoms in total. The lowest BCUT2D eigenvalue weighted by atomic mass is 9.94. The summed E-state index contributed by atoms with van der Waals surface area (Å²) in [6.45, 7) is 2.93. The van der Waals surface area contributed by atoms with Gasteiger partial charge in [0, 0.05) is 45.0 Å². The van der Waals surface area contributed by atoms with E-state index in [9.17, 15) is 14.0 Å². The van der Waals surface area contributed by atoms with Crippen LogP contribution in [-0.2, 0) is 18.9 Å². The molecule has 1 heterocycles. The Bertz CT molecular complexity index is 1100. The number of benzene rings is 2. The molecule has 3 atom stereocenters. The molecule has 0 radical (unpaired) electrons. The summed E-state index contributed by atoms with van der Waals surface area (Å²) in [5.41, 5.74) is 1.52. The maximum absolute atomic E-state index is 14.2. The zero-order valence-corrected chi connectivity index (χ0v) is 24.1. The molecule has 1 saturated heterocycles. The molecule has 0 saturated carbocycles. The molecule has 2 amide bonds. The van der Waals surface area contributed by atoms with Gasteiger partial charge in [0.25, 0.3) is 5.91 Å². The van der Waals surface area contributed by atoms with E-state index >= 15 is 0 Å². The lowest BCUT2D eigenvalue weighted by Gasteiger charge is -2.26. The highest BCUT2D eigenvalue weighted by atomic mass is 19.1. The van der Waals surface area contributed by atoms with Crippen LogP contribution in [0.3, 0.4) is 0 Å². The average molecular weight is 576 g/mol. The van der Waals surface area contributed by atoms with Gasteiger partial charge in [-0.2, -0.15) is 0 Å². The Labute approximate surface area is 241 Å². The van der Waals surface area contributed by atoms with Gasteiger partial charge in [0.05, 0.1) is 20.3 Å². The quantitative estimate of drug-likeness (QED) is 0.261. The minimum atomic E-state index is -0.737. The number of rotatable bonds is 16. The largest absolute Gasteiger partial charge is 0.491 e. The van der Waals surface area contributed by atoms with Gasteiger partial charge in [0.2, 0.25) is 0 Å². The van der Waals surface area contributed by atoms with Gasteiger partial charge in [0.15, 0.2) is 0 Å². The van der Waals surface area contributed by atoms with E-state index in [1.807, 2.05) is 7.05 Å². The number of ether oxygens (including phenoxy) is 5. The number of hydrogen-bond acceptors (Lipinski definition) is 8. The molecule has 1 aliphatic heterocycles. The maximum Gasteiger partial charge on any atom is 0.406 e. The van der Waals surface area contributed by atoms with Crippen molar-refractivity contribution in [1.29, 1.82) is 0 Å². The molecule has 11 heteroatoms. The van der Waals surface area contributed by atoms with Crippen LogP contribution in [0.2, 0.25) is 0 Å². The number of nitrogens with one attached hydrogen (secondary N) is 3. The van der Waals surface area contributed by atoms with Crippen molar-refractivity contribution in [1.82, 2.24) is 16.0 Å². The molecule has 3 unspecified atom stereocenters. The van der Waals surface area contributed by atoms with Crippen LogP contribution in [0.5, 0.6) is 5.75 Å². The van der Waals surface area contributed by atoms with Crippen molar-refractivity contribution in [3.63, 3.8) is 0 Å². The molecule has 3 rings (SSSR count). The van der Waals surface area contributed by atoms with Gasteiger partial charge in [-0.25, -0.2) is 9.18 Å². The summed E-state index contributed by atoms with van der Waals surface area (Å²) in [4.78, 5) is 24.8. The zero-order chi connectivity index (χ0) is 29.5. The first-order chi connectivity index (χ1) is 19.9. The summed E-state index contributed by atoms with van der Waals surface area (Å²) in [7, 11) is 4.74. The van der Waals surface area contributed by atoms with E-state index in [0.717, 1.165) is 32.5 Å². The average Bonchev–Trinajstić information content (AvgIpc) is 2.99. The van der Waals surface area contributed by atoms with Gasteiger partial charge in [0.1, 0.15) is 24.3 Å². The van der Waals surface area contributed by atoms with Crippen molar-refractivity contribution >= 4 is 12.0 Å². The molecule has 0 spiro atoms. The first kappa shape index (κ1) is 32.3. The van der Waals surface area contributed by atoms with Crippen LogP contribution in [0, 0.1) is 11.7 Å². The predicted octanol–water partition coefficient (Wildman–Crippen LogP) is 3.45. The summed E-state index contributed by atoms with van der Waals surface area (Å²) in [6, 6.07) is 11.3. The second-order valence-electron chi connectivity index (χ2n) is 9.87. The van der Waals surface area contributed by atoms with Crippen LogP contribution < -0.4 is 20.7 Å². The lowest BCUT2D eigenvalue weighted by molar-refractivity contribution is 0.0478. The van der Waals surface area contributed by atoms with Crippen molar-refractivity contribution in [3.05, 3.63) is 65.0 Å². The fraction of sp³-hybridized carbons (Fsp3) is 0.533. The van der Waals surface area contributed by atoms with Gasteiger partial charge in [-0.05, 0) is 73.7 Å². The maximum atomic E-state index is 14.2. The third-order valence-corrected chi connectivity index (χ3v) is 6.83. The van der Waals surface area contributed by atoms with E-state index in [4.69, 9.17) is 18.9 Å². The fourth-order valence-electron chi connectivity index (χ4n) is 4.70. The number of methoxy groups -OCH3 is 2. The SMILES string of the molecule is CNC(CNC(=O)c1cc(OCCOC)cc(C(OCCNC(=O)OC)c2cccc(F)c2)c1)CC1CCCOC1. The second kappa shape index (κ2) is 17.5. The van der Waals surface area contributed by atoms with Gasteiger partial charge >= 0.3 is 6.09 Å². The smallest absolute Gasteiger partial charge is 0.406 e. The number of hydrogen-bond donors (Lipinski definition) is 3. The normalized spacial score (nSPS) is 16.4. The Morgan fingerprint density at radius 1 is 1.07 bits per heavy atom. The molecule has 0 bridgehead atoms. The highest BCUT2D eigenvalue weighted by Crippen LogP contribution is 2.31. The van der Waals surface area contributed by atoms with Gasteiger partial charge in [-0.1, -0.05) is 12.1 Å². The van der Waals surface area contributed by atoms with Crippen molar-refractivity contribution < 1.29 is 37.7 Å². The van der Waals surface area contributed by atoms with Crippen LogP contribution in [0.1, 0.15) is 46.9 Å². The summed E-state index contributed by atoms with van der Waals surface area (Å²) in [5, 5.41) is 8.89. The monoisotopic (exact) mass is 575 g/mol. The summed E-state index contributed by atoms with van der Waals surface area (Å²) in [5.74, 6) is 0.219. The first-order valence-electron chi connectivity index (χ1n) is 13.9.